The maximum absolute atomic E-state index is 12.8. The number of nitrogens with one attached hydrogen (secondary N) is 1. The van der Waals surface area contributed by atoms with Crippen LogP contribution in [-0.2, 0) is 14.9 Å². The maximum atomic E-state index is 12.8. The monoisotopic (exact) mass is 338 g/mol. The predicted molar refractivity (Wildman–Crippen MR) is 94.3 cm³/mol. The van der Waals surface area contributed by atoms with Gasteiger partial charge < -0.3 is 15.2 Å². The number of piperidine rings is 1. The summed E-state index contributed by atoms with van der Waals surface area (Å²) in [4.78, 5) is 15.3. The van der Waals surface area contributed by atoms with Gasteiger partial charge in [-0.15, -0.1) is 0 Å². The van der Waals surface area contributed by atoms with Crippen molar-refractivity contribution in [3.8, 4) is 5.75 Å². The van der Waals surface area contributed by atoms with Gasteiger partial charge in [-0.25, -0.2) is 4.79 Å². The third kappa shape index (κ3) is 1.64. The summed E-state index contributed by atoms with van der Waals surface area (Å²) in [6.07, 6.45) is 4.04. The largest absolute Gasteiger partial charge is 0.506 e. The molecule has 130 valence electrons. The highest BCUT2D eigenvalue weighted by Gasteiger charge is 2.62. The lowest BCUT2D eigenvalue weighted by Gasteiger charge is -2.48. The van der Waals surface area contributed by atoms with Crippen LogP contribution in [0.1, 0.15) is 25.3 Å². The fourth-order valence-electron chi connectivity index (χ4n) is 5.67. The van der Waals surface area contributed by atoms with Crippen LogP contribution in [0.3, 0.4) is 0 Å². The van der Waals surface area contributed by atoms with E-state index in [1.807, 2.05) is 6.07 Å². The second-order valence-electron chi connectivity index (χ2n) is 7.46. The molecule has 3 aliphatic heterocycles. The molecule has 0 aromatic heterocycles. The van der Waals surface area contributed by atoms with Crippen LogP contribution in [0, 0.1) is 5.92 Å². The van der Waals surface area contributed by atoms with Crippen molar-refractivity contribution < 1.29 is 14.6 Å². The number of hydrogen-bond acceptors (Lipinski definition) is 5. The maximum Gasteiger partial charge on any atom is 0.336 e. The summed E-state index contributed by atoms with van der Waals surface area (Å²) >= 11 is 0. The minimum absolute atomic E-state index is 0.101. The van der Waals surface area contributed by atoms with Gasteiger partial charge in [-0.2, -0.15) is 0 Å². The molecular weight excluding hydrogens is 316 g/mol. The van der Waals surface area contributed by atoms with E-state index < -0.39 is 0 Å². The quantitative estimate of drug-likeness (QED) is 0.468. The molecule has 0 amide bonds. The number of fused-ring (bicyclic) bond motifs is 2. The van der Waals surface area contributed by atoms with Crippen molar-refractivity contribution in [1.82, 2.24) is 4.90 Å². The Morgan fingerprint density at radius 3 is 3.08 bits per heavy atom. The summed E-state index contributed by atoms with van der Waals surface area (Å²) in [5.74, 6) is 0.0958. The minimum atomic E-state index is -0.252. The average molecular weight is 338 g/mol. The molecule has 5 heteroatoms. The zero-order chi connectivity index (χ0) is 17.3. The molecule has 0 saturated carbocycles. The Kier molecular flexibility index (Phi) is 2.93. The highest BCUT2D eigenvalue weighted by molar-refractivity contribution is 5.94. The molecule has 2 bridgehead atoms. The molecule has 1 aromatic carbocycles. The van der Waals surface area contributed by atoms with Gasteiger partial charge in [0.2, 0.25) is 0 Å². The molecule has 5 nitrogen and oxygen atoms in total. The van der Waals surface area contributed by atoms with Crippen molar-refractivity contribution in [2.24, 2.45) is 5.92 Å². The Hall–Kier alpha value is -2.27. The summed E-state index contributed by atoms with van der Waals surface area (Å²) in [7, 11) is 1.45. The molecule has 0 radical (unpaired) electrons. The van der Waals surface area contributed by atoms with Crippen LogP contribution < -0.4 is 5.32 Å². The number of rotatable bonds is 1. The highest BCUT2D eigenvalue weighted by atomic mass is 16.5. The second-order valence-corrected chi connectivity index (χ2v) is 7.46. The van der Waals surface area contributed by atoms with E-state index in [0.29, 0.717) is 6.04 Å². The fourth-order valence-corrected chi connectivity index (χ4v) is 5.67. The molecule has 1 aliphatic carbocycles. The predicted octanol–water partition coefficient (Wildman–Crippen LogP) is 2.54. The number of aromatic hydroxyl groups is 1. The highest BCUT2D eigenvalue weighted by Crippen LogP contribution is 2.62. The van der Waals surface area contributed by atoms with Gasteiger partial charge in [0.15, 0.2) is 0 Å². The molecule has 1 aromatic rings. The molecule has 1 spiro atoms. The molecule has 2 saturated heterocycles. The summed E-state index contributed by atoms with van der Waals surface area (Å²) < 4.78 is 5.17. The van der Waals surface area contributed by atoms with Crippen molar-refractivity contribution in [2.75, 3.05) is 25.5 Å². The summed E-state index contributed by atoms with van der Waals surface area (Å²) in [5.41, 5.74) is 4.66. The van der Waals surface area contributed by atoms with Crippen LogP contribution >= 0.6 is 0 Å². The average Bonchev–Trinajstić information content (AvgIpc) is 3.18. The van der Waals surface area contributed by atoms with Crippen molar-refractivity contribution in [3.63, 3.8) is 0 Å². The van der Waals surface area contributed by atoms with Gasteiger partial charge >= 0.3 is 5.97 Å². The van der Waals surface area contributed by atoms with E-state index in [1.54, 1.807) is 6.07 Å². The number of methoxy groups -OCH3 is 1. The van der Waals surface area contributed by atoms with Crippen LogP contribution in [0.15, 0.2) is 41.1 Å². The van der Waals surface area contributed by atoms with E-state index in [9.17, 15) is 9.90 Å². The second kappa shape index (κ2) is 4.88. The van der Waals surface area contributed by atoms with Crippen LogP contribution in [-0.4, -0.2) is 42.2 Å². The smallest absolute Gasteiger partial charge is 0.336 e. The normalized spacial score (nSPS) is 33.9. The molecule has 3 heterocycles. The first kappa shape index (κ1) is 15.0. The molecule has 3 atom stereocenters. The fraction of sp³-hybridized carbons (Fsp3) is 0.450. The molecule has 25 heavy (non-hydrogen) atoms. The molecule has 4 aliphatic rings. The van der Waals surface area contributed by atoms with Gasteiger partial charge in [-0.05, 0) is 31.4 Å². The number of carbonyl (C=O) groups excluding carboxylic acids is 1. The zero-order valence-corrected chi connectivity index (χ0v) is 14.5. The van der Waals surface area contributed by atoms with E-state index in [4.69, 9.17) is 4.74 Å². The Morgan fingerprint density at radius 2 is 2.32 bits per heavy atom. The van der Waals surface area contributed by atoms with Gasteiger partial charge in [0.25, 0.3) is 0 Å². The first-order chi connectivity index (χ1) is 12.1. The van der Waals surface area contributed by atoms with Crippen molar-refractivity contribution in [2.45, 2.75) is 31.2 Å². The van der Waals surface area contributed by atoms with E-state index in [0.717, 1.165) is 48.5 Å². The van der Waals surface area contributed by atoms with Gasteiger partial charge in [-0.3, -0.25) is 4.90 Å². The lowest BCUT2D eigenvalue weighted by atomic mass is 9.62. The van der Waals surface area contributed by atoms with Gasteiger partial charge in [0.1, 0.15) is 5.75 Å². The number of benzene rings is 1. The summed E-state index contributed by atoms with van der Waals surface area (Å²) in [5, 5.41) is 13.8. The van der Waals surface area contributed by atoms with Crippen LogP contribution in [0.25, 0.3) is 0 Å². The van der Waals surface area contributed by atoms with E-state index >= 15 is 0 Å². The molecule has 5 rings (SSSR count). The Morgan fingerprint density at radius 1 is 1.48 bits per heavy atom. The number of phenolic OH excluding ortho intramolecular Hbond substituents is 1. The SMILES string of the molecule is CC=C1CN2CCC34C(=C(C(=O)OC)[C@H]1C[C@@H]23)Nc1c(O)cccc14. The Labute approximate surface area is 147 Å². The molecular formula is C20H22N2O3. The van der Waals surface area contributed by atoms with Crippen LogP contribution in [0.4, 0.5) is 5.69 Å². The van der Waals surface area contributed by atoms with Gasteiger partial charge in [0, 0.05) is 30.7 Å². The number of hydrogen-bond donors (Lipinski definition) is 2. The van der Waals surface area contributed by atoms with Gasteiger partial charge in [0.05, 0.1) is 23.8 Å². The van der Waals surface area contributed by atoms with Crippen molar-refractivity contribution in [1.29, 1.82) is 0 Å². The lowest BCUT2D eigenvalue weighted by Crippen LogP contribution is -2.53. The number of anilines is 1. The van der Waals surface area contributed by atoms with E-state index in [2.05, 4.69) is 29.3 Å². The third-order valence-electron chi connectivity index (χ3n) is 6.71. The first-order valence-corrected chi connectivity index (χ1v) is 8.93. The topological polar surface area (TPSA) is 61.8 Å². The van der Waals surface area contributed by atoms with Crippen LogP contribution in [0.5, 0.6) is 5.75 Å². The number of para-hydroxylation sites is 1. The number of allylic oxidation sites excluding steroid dienone is 1. The van der Waals surface area contributed by atoms with Gasteiger partial charge in [-0.1, -0.05) is 23.8 Å². The number of esters is 1. The van der Waals surface area contributed by atoms with E-state index in [1.165, 1.54) is 12.7 Å². The number of carbonyl (C=O) groups is 1. The minimum Gasteiger partial charge on any atom is -0.506 e. The number of nitrogens with zero attached hydrogens (tertiary/aromatic N) is 1. The number of ether oxygens (including phenoxy) is 1. The standard InChI is InChI=1S/C20H22N2O3/c1-3-11-10-22-8-7-20-13-5-4-6-14(23)17(13)21-18(20)16(19(24)25-2)12(11)9-15(20)22/h3-6,12,15,21,23H,7-10H2,1-2H3/t12-,15+,20?/m0/s1. The van der Waals surface area contributed by atoms with Crippen molar-refractivity contribution in [3.05, 3.63) is 46.7 Å². The summed E-state index contributed by atoms with van der Waals surface area (Å²) in [6.45, 7) is 3.97. The molecule has 2 N–H and O–H groups in total. The van der Waals surface area contributed by atoms with Crippen LogP contribution in [0.2, 0.25) is 0 Å². The molecule has 1 unspecified atom stereocenters. The summed E-state index contributed by atoms with van der Waals surface area (Å²) in [6, 6.07) is 6.06. The van der Waals surface area contributed by atoms with E-state index in [-0.39, 0.29) is 23.1 Å². The lowest BCUT2D eigenvalue weighted by molar-refractivity contribution is -0.137. The Bertz CT molecular complexity index is 856. The number of phenols is 1. The first-order valence-electron chi connectivity index (χ1n) is 8.93. The Balaban J connectivity index is 1.83. The zero-order valence-electron chi connectivity index (χ0n) is 14.5. The molecule has 2 fully saturated rings. The third-order valence-corrected chi connectivity index (χ3v) is 6.71. The van der Waals surface area contributed by atoms with Crippen molar-refractivity contribution >= 4 is 11.7 Å².